The molecule has 4 heterocycles. The van der Waals surface area contributed by atoms with E-state index in [1.54, 1.807) is 4.90 Å². The van der Waals surface area contributed by atoms with Crippen LogP contribution in [-0.2, 0) is 27.4 Å². The van der Waals surface area contributed by atoms with Crippen molar-refractivity contribution in [2.24, 2.45) is 11.7 Å². The summed E-state index contributed by atoms with van der Waals surface area (Å²) in [6, 6.07) is 5.45. The Bertz CT molecular complexity index is 874. The Balaban J connectivity index is 1.27. The Hall–Kier alpha value is -2.29. The first-order valence-electron chi connectivity index (χ1n) is 10.3. The predicted molar refractivity (Wildman–Crippen MR) is 104 cm³/mol. The minimum atomic E-state index is -0.584. The highest BCUT2D eigenvalue weighted by Crippen LogP contribution is 2.46. The summed E-state index contributed by atoms with van der Waals surface area (Å²) < 4.78 is 5.99. The third-order valence-corrected chi connectivity index (χ3v) is 7.01. The smallest absolute Gasteiger partial charge is 0.255 e. The summed E-state index contributed by atoms with van der Waals surface area (Å²) >= 11 is 0. The van der Waals surface area contributed by atoms with E-state index in [-0.39, 0.29) is 29.7 Å². The molecule has 1 aromatic rings. The molecule has 3 amide bonds. The number of piperidine rings is 1. The standard InChI is InChI=1S/C21H26N4O4/c22-11-21-6-13(7-21)16(10-29-21)23-8-12-2-1-3-14-15(12)9-25(20(14)28)17-4-5-18(26)24-19(17)27/h1-3,13,16-17,23H,4-11,22H2,(H,24,26,27). The van der Waals surface area contributed by atoms with Gasteiger partial charge in [0.05, 0.1) is 12.2 Å². The maximum Gasteiger partial charge on any atom is 0.255 e. The van der Waals surface area contributed by atoms with Crippen LogP contribution >= 0.6 is 0 Å². The van der Waals surface area contributed by atoms with E-state index in [4.69, 9.17) is 10.5 Å². The van der Waals surface area contributed by atoms with Crippen LogP contribution in [0, 0.1) is 5.92 Å². The average molecular weight is 398 g/mol. The molecule has 0 aromatic heterocycles. The van der Waals surface area contributed by atoms with Crippen LogP contribution in [0.4, 0.5) is 0 Å². The Morgan fingerprint density at radius 2 is 2.10 bits per heavy atom. The zero-order valence-corrected chi connectivity index (χ0v) is 16.3. The van der Waals surface area contributed by atoms with E-state index < -0.39 is 6.04 Å². The molecule has 1 aromatic carbocycles. The Morgan fingerprint density at radius 1 is 1.28 bits per heavy atom. The Morgan fingerprint density at radius 3 is 2.79 bits per heavy atom. The van der Waals surface area contributed by atoms with Gasteiger partial charge < -0.3 is 20.7 Å². The number of nitrogens with one attached hydrogen (secondary N) is 2. The minimum absolute atomic E-state index is 0.0916. The van der Waals surface area contributed by atoms with E-state index in [0.717, 1.165) is 24.0 Å². The van der Waals surface area contributed by atoms with Gasteiger partial charge in [-0.15, -0.1) is 0 Å². The van der Waals surface area contributed by atoms with Crippen molar-refractivity contribution < 1.29 is 19.1 Å². The molecule has 154 valence electrons. The molecule has 1 aliphatic carbocycles. The van der Waals surface area contributed by atoms with E-state index in [9.17, 15) is 14.4 Å². The molecule has 2 unspecified atom stereocenters. The molecule has 6 rings (SSSR count). The van der Waals surface area contributed by atoms with E-state index in [2.05, 4.69) is 10.6 Å². The Labute approximate surface area is 169 Å². The maximum absolute atomic E-state index is 12.9. The van der Waals surface area contributed by atoms with Crippen molar-refractivity contribution >= 4 is 17.7 Å². The monoisotopic (exact) mass is 398 g/mol. The van der Waals surface area contributed by atoms with Crippen molar-refractivity contribution in [2.75, 3.05) is 13.2 Å². The van der Waals surface area contributed by atoms with E-state index in [1.165, 1.54) is 0 Å². The van der Waals surface area contributed by atoms with Crippen molar-refractivity contribution in [3.8, 4) is 0 Å². The number of imide groups is 1. The van der Waals surface area contributed by atoms with Crippen LogP contribution in [0.25, 0.3) is 0 Å². The zero-order valence-electron chi connectivity index (χ0n) is 16.3. The third-order valence-electron chi connectivity index (χ3n) is 7.01. The van der Waals surface area contributed by atoms with Crippen molar-refractivity contribution in [3.63, 3.8) is 0 Å². The summed E-state index contributed by atoms with van der Waals surface area (Å²) in [5.74, 6) is -0.200. The lowest BCUT2D eigenvalue weighted by Gasteiger charge is -2.55. The lowest BCUT2D eigenvalue weighted by Crippen LogP contribution is -2.64. The highest BCUT2D eigenvalue weighted by Gasteiger charge is 2.51. The molecule has 8 nitrogen and oxygen atoms in total. The Kier molecular flexibility index (Phi) is 4.45. The van der Waals surface area contributed by atoms with Gasteiger partial charge in [-0.05, 0) is 42.4 Å². The molecule has 5 aliphatic rings. The number of amides is 3. The second kappa shape index (κ2) is 6.90. The van der Waals surface area contributed by atoms with Crippen LogP contribution in [0.1, 0.15) is 47.2 Å². The quantitative estimate of drug-likeness (QED) is 0.604. The van der Waals surface area contributed by atoms with Crippen molar-refractivity contribution in [1.82, 2.24) is 15.5 Å². The molecule has 2 atom stereocenters. The number of ether oxygens (including phenoxy) is 1. The van der Waals surface area contributed by atoms with Gasteiger partial charge in [-0.1, -0.05) is 12.1 Å². The highest BCUT2D eigenvalue weighted by atomic mass is 16.5. The number of fused-ring (bicyclic) bond motifs is 3. The zero-order chi connectivity index (χ0) is 20.2. The van der Waals surface area contributed by atoms with Gasteiger partial charge >= 0.3 is 0 Å². The molecule has 2 bridgehead atoms. The van der Waals surface area contributed by atoms with Crippen LogP contribution < -0.4 is 16.4 Å². The van der Waals surface area contributed by atoms with Crippen LogP contribution in [0.3, 0.4) is 0 Å². The van der Waals surface area contributed by atoms with Crippen LogP contribution in [0.15, 0.2) is 18.2 Å². The lowest BCUT2D eigenvalue weighted by molar-refractivity contribution is -0.186. The molecule has 8 heteroatoms. The molecule has 4 aliphatic heterocycles. The second-order valence-corrected chi connectivity index (χ2v) is 8.70. The van der Waals surface area contributed by atoms with Gasteiger partial charge in [0.1, 0.15) is 6.04 Å². The number of benzene rings is 1. The number of nitrogens with two attached hydrogens (primary N) is 1. The van der Waals surface area contributed by atoms with Gasteiger partial charge in [-0.2, -0.15) is 0 Å². The minimum Gasteiger partial charge on any atom is -0.372 e. The van der Waals surface area contributed by atoms with Crippen LogP contribution in [-0.4, -0.2) is 53.5 Å². The van der Waals surface area contributed by atoms with Gasteiger partial charge in [0, 0.05) is 37.7 Å². The molecule has 4 fully saturated rings. The SMILES string of the molecule is NCC12CC(C1)C(NCc1cccc3c1CN(C1CCC(=O)NC1=O)C3=O)CO2. The largest absolute Gasteiger partial charge is 0.372 e. The number of rotatable bonds is 5. The first kappa shape index (κ1) is 18.7. The first-order valence-corrected chi connectivity index (χ1v) is 10.3. The predicted octanol–water partition coefficient (Wildman–Crippen LogP) is 0.0435. The first-order chi connectivity index (χ1) is 14.0. The number of carbonyl (C=O) groups is 3. The number of hydrogen-bond donors (Lipinski definition) is 3. The molecular weight excluding hydrogens is 372 g/mol. The van der Waals surface area contributed by atoms with Crippen LogP contribution in [0.2, 0.25) is 0 Å². The second-order valence-electron chi connectivity index (χ2n) is 8.70. The molecule has 0 spiro atoms. The summed E-state index contributed by atoms with van der Waals surface area (Å²) in [6.07, 6.45) is 2.66. The number of carbonyl (C=O) groups excluding carboxylic acids is 3. The topological polar surface area (TPSA) is 114 Å². The fourth-order valence-electron chi connectivity index (χ4n) is 5.21. The van der Waals surface area contributed by atoms with E-state index in [1.807, 2.05) is 18.2 Å². The van der Waals surface area contributed by atoms with Gasteiger partial charge in [0.2, 0.25) is 11.8 Å². The normalized spacial score (nSPS) is 33.3. The summed E-state index contributed by atoms with van der Waals surface area (Å²) in [5, 5.41) is 5.95. The molecule has 3 saturated heterocycles. The molecular formula is C21H26N4O4. The summed E-state index contributed by atoms with van der Waals surface area (Å²) in [7, 11) is 0. The van der Waals surface area contributed by atoms with Crippen molar-refractivity contribution in [2.45, 2.75) is 56.5 Å². The van der Waals surface area contributed by atoms with Gasteiger partial charge in [0.15, 0.2) is 0 Å². The third kappa shape index (κ3) is 3.06. The number of nitrogens with zero attached hydrogens (tertiary/aromatic N) is 1. The molecule has 1 saturated carbocycles. The van der Waals surface area contributed by atoms with E-state index >= 15 is 0 Å². The summed E-state index contributed by atoms with van der Waals surface area (Å²) in [4.78, 5) is 38.2. The maximum atomic E-state index is 12.9. The van der Waals surface area contributed by atoms with E-state index in [0.29, 0.717) is 50.2 Å². The van der Waals surface area contributed by atoms with Crippen LogP contribution in [0.5, 0.6) is 0 Å². The lowest BCUT2D eigenvalue weighted by atomic mass is 9.65. The summed E-state index contributed by atoms with van der Waals surface area (Å²) in [6.45, 7) is 2.30. The molecule has 29 heavy (non-hydrogen) atoms. The van der Waals surface area contributed by atoms with Gasteiger partial charge in [0.25, 0.3) is 5.91 Å². The fourth-order valence-corrected chi connectivity index (χ4v) is 5.21. The van der Waals surface area contributed by atoms with Crippen molar-refractivity contribution in [1.29, 1.82) is 0 Å². The molecule has 4 N–H and O–H groups in total. The number of hydrogen-bond acceptors (Lipinski definition) is 6. The van der Waals surface area contributed by atoms with Gasteiger partial charge in [-0.25, -0.2) is 0 Å². The van der Waals surface area contributed by atoms with Crippen molar-refractivity contribution in [3.05, 3.63) is 34.9 Å². The van der Waals surface area contributed by atoms with Gasteiger partial charge in [-0.3, -0.25) is 19.7 Å². The summed E-state index contributed by atoms with van der Waals surface area (Å²) in [5.41, 5.74) is 8.42. The highest BCUT2D eigenvalue weighted by molar-refractivity contribution is 6.05. The molecule has 0 radical (unpaired) electrons. The fraction of sp³-hybridized carbons (Fsp3) is 0.571. The average Bonchev–Trinajstić information content (AvgIpc) is 3.03.